The van der Waals surface area contributed by atoms with Crippen LogP contribution in [-0.4, -0.2) is 16.3 Å². The molecule has 0 bridgehead atoms. The summed E-state index contributed by atoms with van der Waals surface area (Å²) in [6, 6.07) is 8.44. The number of para-hydroxylation sites is 1. The normalized spacial score (nSPS) is 25.5. The summed E-state index contributed by atoms with van der Waals surface area (Å²) in [7, 11) is 0. The molecule has 2 unspecified atom stereocenters. The highest BCUT2D eigenvalue weighted by Gasteiger charge is 2.24. The molecule has 2 aromatic rings. The van der Waals surface area contributed by atoms with Gasteiger partial charge in [0.15, 0.2) is 0 Å². The van der Waals surface area contributed by atoms with Crippen molar-refractivity contribution in [1.82, 2.24) is 10.3 Å². The first-order valence-corrected chi connectivity index (χ1v) is 5.29. The third-order valence-corrected chi connectivity index (χ3v) is 3.12. The first-order valence-electron chi connectivity index (χ1n) is 5.29. The molecule has 2 atom stereocenters. The molecule has 2 heterocycles. The fourth-order valence-corrected chi connectivity index (χ4v) is 2.43. The van der Waals surface area contributed by atoms with Gasteiger partial charge >= 0.3 is 0 Å². The molecule has 0 fully saturated rings. The van der Waals surface area contributed by atoms with Crippen molar-refractivity contribution in [1.29, 1.82) is 0 Å². The van der Waals surface area contributed by atoms with Gasteiger partial charge in [0.2, 0.25) is 0 Å². The van der Waals surface area contributed by atoms with E-state index in [-0.39, 0.29) is 6.04 Å². The largest absolute Gasteiger partial charge is 0.378 e. The third-order valence-electron chi connectivity index (χ3n) is 3.12. The fraction of sp³-hybridized carbons (Fsp3) is 0.333. The van der Waals surface area contributed by atoms with Gasteiger partial charge in [-0.05, 0) is 18.6 Å². The van der Waals surface area contributed by atoms with Crippen LogP contribution >= 0.6 is 0 Å². The molecule has 78 valence electrons. The van der Waals surface area contributed by atoms with E-state index in [1.807, 2.05) is 12.1 Å². The van der Waals surface area contributed by atoms with Crippen LogP contribution in [-0.2, 0) is 6.42 Å². The number of hydrogen-bond donors (Lipinski definition) is 3. The highest BCUT2D eigenvalue weighted by atomic mass is 16.3. The molecule has 3 N–H and O–H groups in total. The average Bonchev–Trinajstić information content (AvgIpc) is 2.57. The smallest absolute Gasteiger partial charge is 0.109 e. The second kappa shape index (κ2) is 3.08. The standard InChI is InChI=1S/C12H14N2O/c1-7-12-9(6-11(15)13-7)8-4-2-3-5-10(8)14-12/h2-5,7,11,13-15H,6H2,1H3. The average molecular weight is 202 g/mol. The molecule has 0 aliphatic carbocycles. The monoisotopic (exact) mass is 202 g/mol. The van der Waals surface area contributed by atoms with Crippen LogP contribution in [0.5, 0.6) is 0 Å². The molecule has 3 nitrogen and oxygen atoms in total. The molecule has 15 heavy (non-hydrogen) atoms. The quantitative estimate of drug-likeness (QED) is 0.609. The van der Waals surface area contributed by atoms with Gasteiger partial charge in [-0.1, -0.05) is 18.2 Å². The van der Waals surface area contributed by atoms with Crippen molar-refractivity contribution in [3.63, 3.8) is 0 Å². The van der Waals surface area contributed by atoms with Crippen LogP contribution in [0.15, 0.2) is 24.3 Å². The Bertz CT molecular complexity index is 503. The minimum atomic E-state index is -0.424. The van der Waals surface area contributed by atoms with Crippen molar-refractivity contribution in [3.8, 4) is 0 Å². The maximum Gasteiger partial charge on any atom is 0.109 e. The molecule has 0 radical (unpaired) electrons. The maximum atomic E-state index is 9.68. The Labute approximate surface area is 88.1 Å². The third kappa shape index (κ3) is 1.28. The van der Waals surface area contributed by atoms with Crippen molar-refractivity contribution in [2.75, 3.05) is 0 Å². The maximum absolute atomic E-state index is 9.68. The first kappa shape index (κ1) is 8.95. The topological polar surface area (TPSA) is 48.0 Å². The summed E-state index contributed by atoms with van der Waals surface area (Å²) in [6.07, 6.45) is 0.260. The van der Waals surface area contributed by atoms with Crippen LogP contribution in [0.1, 0.15) is 24.2 Å². The Morgan fingerprint density at radius 2 is 2.13 bits per heavy atom. The van der Waals surface area contributed by atoms with E-state index in [0.29, 0.717) is 6.42 Å². The van der Waals surface area contributed by atoms with E-state index < -0.39 is 6.23 Å². The number of aliphatic hydroxyl groups excluding tert-OH is 1. The van der Waals surface area contributed by atoms with Crippen LogP contribution in [0.25, 0.3) is 10.9 Å². The summed E-state index contributed by atoms with van der Waals surface area (Å²) in [5, 5.41) is 14.0. The van der Waals surface area contributed by atoms with Gasteiger partial charge in [-0.15, -0.1) is 0 Å². The summed E-state index contributed by atoms with van der Waals surface area (Å²) >= 11 is 0. The van der Waals surface area contributed by atoms with Crippen LogP contribution in [0.4, 0.5) is 0 Å². The Morgan fingerprint density at radius 3 is 3.00 bits per heavy atom. The molecule has 1 aliphatic rings. The summed E-state index contributed by atoms with van der Waals surface area (Å²) in [4.78, 5) is 3.41. The van der Waals surface area contributed by atoms with E-state index in [0.717, 1.165) is 5.52 Å². The predicted molar refractivity (Wildman–Crippen MR) is 59.6 cm³/mol. The Hall–Kier alpha value is -1.32. The molecule has 1 aromatic carbocycles. The Morgan fingerprint density at radius 1 is 1.33 bits per heavy atom. The van der Waals surface area contributed by atoms with Crippen LogP contribution in [0.3, 0.4) is 0 Å². The lowest BCUT2D eigenvalue weighted by molar-refractivity contribution is 0.115. The van der Waals surface area contributed by atoms with E-state index in [1.165, 1.54) is 16.6 Å². The minimum Gasteiger partial charge on any atom is -0.378 e. The molecule has 0 spiro atoms. The lowest BCUT2D eigenvalue weighted by atomic mass is 9.99. The van der Waals surface area contributed by atoms with Crippen LogP contribution in [0, 0.1) is 0 Å². The zero-order valence-corrected chi connectivity index (χ0v) is 8.62. The lowest BCUT2D eigenvalue weighted by Crippen LogP contribution is -2.37. The number of aliphatic hydroxyl groups is 1. The van der Waals surface area contributed by atoms with Gasteiger partial charge < -0.3 is 10.1 Å². The number of fused-ring (bicyclic) bond motifs is 3. The summed E-state index contributed by atoms with van der Waals surface area (Å²) in [5.74, 6) is 0. The molecular weight excluding hydrogens is 188 g/mol. The van der Waals surface area contributed by atoms with Gasteiger partial charge in [0.1, 0.15) is 6.23 Å². The summed E-state index contributed by atoms with van der Waals surface area (Å²) in [5.41, 5.74) is 3.62. The number of nitrogens with one attached hydrogen (secondary N) is 2. The lowest BCUT2D eigenvalue weighted by Gasteiger charge is -2.25. The number of aromatic nitrogens is 1. The van der Waals surface area contributed by atoms with Gasteiger partial charge in [0.25, 0.3) is 0 Å². The molecule has 0 saturated carbocycles. The molecule has 1 aromatic heterocycles. The van der Waals surface area contributed by atoms with E-state index >= 15 is 0 Å². The molecular formula is C12H14N2O. The number of H-pyrrole nitrogens is 1. The van der Waals surface area contributed by atoms with E-state index in [9.17, 15) is 5.11 Å². The van der Waals surface area contributed by atoms with Crippen molar-refractivity contribution in [3.05, 3.63) is 35.5 Å². The molecule has 3 heteroatoms. The molecule has 3 rings (SSSR count). The summed E-state index contributed by atoms with van der Waals surface area (Å²) in [6.45, 7) is 2.07. The van der Waals surface area contributed by atoms with Gasteiger partial charge in [-0.25, -0.2) is 0 Å². The van der Waals surface area contributed by atoms with Crippen LogP contribution in [0.2, 0.25) is 0 Å². The number of rotatable bonds is 0. The summed E-state index contributed by atoms with van der Waals surface area (Å²) < 4.78 is 0. The van der Waals surface area contributed by atoms with Crippen molar-refractivity contribution >= 4 is 10.9 Å². The van der Waals surface area contributed by atoms with Crippen molar-refractivity contribution < 1.29 is 5.11 Å². The number of aromatic amines is 1. The van der Waals surface area contributed by atoms with Gasteiger partial charge in [-0.3, -0.25) is 5.32 Å². The number of benzene rings is 1. The van der Waals surface area contributed by atoms with Crippen molar-refractivity contribution in [2.45, 2.75) is 25.6 Å². The molecule has 1 aliphatic heterocycles. The second-order valence-electron chi connectivity index (χ2n) is 4.17. The first-order chi connectivity index (χ1) is 7.25. The van der Waals surface area contributed by atoms with Crippen molar-refractivity contribution in [2.24, 2.45) is 0 Å². The molecule has 0 amide bonds. The molecule has 0 saturated heterocycles. The fourth-order valence-electron chi connectivity index (χ4n) is 2.43. The zero-order chi connectivity index (χ0) is 10.4. The Balaban J connectivity index is 2.27. The predicted octanol–water partition coefficient (Wildman–Crippen LogP) is 1.69. The van der Waals surface area contributed by atoms with Gasteiger partial charge in [0, 0.05) is 29.1 Å². The van der Waals surface area contributed by atoms with E-state index in [2.05, 4.69) is 29.4 Å². The SMILES string of the molecule is CC1NC(O)Cc2c1[nH]c1ccccc21. The van der Waals surface area contributed by atoms with E-state index in [1.54, 1.807) is 0 Å². The van der Waals surface area contributed by atoms with E-state index in [4.69, 9.17) is 0 Å². The van der Waals surface area contributed by atoms with Crippen LogP contribution < -0.4 is 5.32 Å². The van der Waals surface area contributed by atoms with Gasteiger partial charge in [0.05, 0.1) is 0 Å². The number of hydrogen-bond acceptors (Lipinski definition) is 2. The van der Waals surface area contributed by atoms with Gasteiger partial charge in [-0.2, -0.15) is 0 Å². The highest BCUT2D eigenvalue weighted by molar-refractivity contribution is 5.85. The highest BCUT2D eigenvalue weighted by Crippen LogP contribution is 2.30. The Kier molecular flexibility index (Phi) is 1.84. The minimum absolute atomic E-state index is 0.191. The second-order valence-corrected chi connectivity index (χ2v) is 4.17. The zero-order valence-electron chi connectivity index (χ0n) is 8.62.